The number of alkyl carbamates (subject to hydrolysis) is 1. The third kappa shape index (κ3) is 18.8. The zero-order valence-corrected chi connectivity index (χ0v) is 45.0. The van der Waals surface area contributed by atoms with E-state index >= 15 is 0 Å². The van der Waals surface area contributed by atoms with Crippen LogP contribution in [0.15, 0.2) is 140 Å². The lowest BCUT2D eigenvalue weighted by Gasteiger charge is -2.28. The fraction of sp³-hybridized carbons (Fsp3) is 0.350. The molecule has 0 bridgehead atoms. The fourth-order valence-electron chi connectivity index (χ4n) is 8.71. The van der Waals surface area contributed by atoms with E-state index in [9.17, 15) is 43.8 Å². The van der Waals surface area contributed by atoms with Gasteiger partial charge in [0, 0.05) is 36.4 Å². The molecular formula is C60H71N7O12. The van der Waals surface area contributed by atoms with Gasteiger partial charge in [-0.05, 0) is 82.8 Å². The summed E-state index contributed by atoms with van der Waals surface area (Å²) in [7, 11) is 1.21. The fourth-order valence-corrected chi connectivity index (χ4v) is 8.71. The van der Waals surface area contributed by atoms with E-state index in [0.29, 0.717) is 34.6 Å². The van der Waals surface area contributed by atoms with Gasteiger partial charge in [-0.3, -0.25) is 24.0 Å². The summed E-state index contributed by atoms with van der Waals surface area (Å²) in [4.78, 5) is 101. The smallest absolute Gasteiger partial charge is 0.408 e. The predicted octanol–water partition coefficient (Wildman–Crippen LogP) is 5.46. The number of methoxy groups -OCH3 is 1. The molecule has 19 heteroatoms. The number of amides is 6. The molecule has 0 unspecified atom stereocenters. The number of hydrogen-bond donors (Lipinski definition) is 9. The van der Waals surface area contributed by atoms with Crippen molar-refractivity contribution in [2.75, 3.05) is 13.7 Å². The minimum Gasteiger partial charge on any atom is -0.508 e. The summed E-state index contributed by atoms with van der Waals surface area (Å²) in [6.07, 6.45) is 0.853. The number of aromatic nitrogens is 1. The number of nitrogens with one attached hydrogen (secondary N) is 7. The van der Waals surface area contributed by atoms with E-state index < -0.39 is 84.5 Å². The molecular weight excluding hydrogens is 1010 g/mol. The first kappa shape index (κ1) is 59.5. The third-order valence-electron chi connectivity index (χ3n) is 12.8. The second kappa shape index (κ2) is 29.7. The number of rotatable bonds is 28. The standard InChI is InChI=1S/C60H71N7O12/c1-37(2)28-48(54(70)65-52(29-38(3)4)59(75)77-5)62-55(71)49(30-39-20-24-44(69)25-21-39)63-58(74)53(34-68)66-57(73)51(32-43-33-61-47-19-13-12-18-46(43)47)64-56(72)50(67-60(76)79-36-42-16-10-7-11-17-42)31-40-22-26-45(27-23-40)78-35-41-14-8-6-9-15-41/h6-27,33,37-38,48-53,61,68-69H,28-32,34-36H2,1-5H3,(H,62,71)(H,63,74)(H,64,72)(H,65,70)(H,66,73)(H,67,76)/t48-,49+,50+,51+,52+,53+/m1/s1. The number of phenolic OH excluding ortho intramolecular Hbond substituents is 1. The molecule has 0 radical (unpaired) electrons. The van der Waals surface area contributed by atoms with Gasteiger partial charge in [0.25, 0.3) is 0 Å². The molecule has 0 saturated carbocycles. The average molecular weight is 1080 g/mol. The van der Waals surface area contributed by atoms with Crippen LogP contribution in [0, 0.1) is 11.8 Å². The minimum absolute atomic E-state index is 0.00306. The molecule has 0 fully saturated rings. The van der Waals surface area contributed by atoms with Gasteiger partial charge in [-0.15, -0.1) is 0 Å². The van der Waals surface area contributed by atoms with Crippen molar-refractivity contribution in [3.05, 3.63) is 167 Å². The summed E-state index contributed by atoms with van der Waals surface area (Å²) in [5.74, 6) is -4.37. The average Bonchev–Trinajstić information content (AvgIpc) is 3.86. The van der Waals surface area contributed by atoms with E-state index in [4.69, 9.17) is 14.2 Å². The number of aliphatic hydroxyl groups excluding tert-OH is 1. The molecule has 1 aromatic heterocycles. The van der Waals surface area contributed by atoms with Crippen LogP contribution in [0.4, 0.5) is 4.79 Å². The van der Waals surface area contributed by atoms with Crippen LogP contribution in [0.25, 0.3) is 10.9 Å². The Balaban J connectivity index is 1.24. The second-order valence-electron chi connectivity index (χ2n) is 20.1. The highest BCUT2D eigenvalue weighted by Crippen LogP contribution is 2.21. The van der Waals surface area contributed by atoms with Crippen molar-refractivity contribution in [2.24, 2.45) is 11.8 Å². The summed E-state index contributed by atoms with van der Waals surface area (Å²) in [6.45, 7) is 6.73. The van der Waals surface area contributed by atoms with Crippen molar-refractivity contribution >= 4 is 52.5 Å². The number of phenols is 1. The van der Waals surface area contributed by atoms with Crippen molar-refractivity contribution < 1.29 is 58.0 Å². The maximum Gasteiger partial charge on any atom is 0.408 e. The highest BCUT2D eigenvalue weighted by atomic mass is 16.5. The lowest BCUT2D eigenvalue weighted by atomic mass is 9.99. The Morgan fingerprint density at radius 1 is 0.494 bits per heavy atom. The Bertz CT molecular complexity index is 2950. The highest BCUT2D eigenvalue weighted by molar-refractivity contribution is 5.97. The Hall–Kier alpha value is -8.71. The molecule has 0 aliphatic carbocycles. The van der Waals surface area contributed by atoms with Crippen molar-refractivity contribution in [3.8, 4) is 11.5 Å². The van der Waals surface area contributed by atoms with E-state index in [1.807, 2.05) is 88.4 Å². The number of benzene rings is 5. The van der Waals surface area contributed by atoms with Crippen LogP contribution in [0.5, 0.6) is 11.5 Å². The Kier molecular flexibility index (Phi) is 22.4. The number of H-pyrrole nitrogens is 1. The molecule has 0 spiro atoms. The number of carbonyl (C=O) groups excluding carboxylic acids is 7. The predicted molar refractivity (Wildman–Crippen MR) is 296 cm³/mol. The van der Waals surface area contributed by atoms with Gasteiger partial charge in [0.15, 0.2) is 0 Å². The number of para-hydroxylation sites is 1. The topological polar surface area (TPSA) is 276 Å². The molecule has 19 nitrogen and oxygen atoms in total. The molecule has 5 aromatic carbocycles. The van der Waals surface area contributed by atoms with Crippen molar-refractivity contribution in [1.29, 1.82) is 0 Å². The van der Waals surface area contributed by atoms with Crippen LogP contribution < -0.4 is 36.6 Å². The van der Waals surface area contributed by atoms with Gasteiger partial charge in [-0.2, -0.15) is 0 Å². The first-order valence-electron chi connectivity index (χ1n) is 26.2. The first-order chi connectivity index (χ1) is 38.0. The minimum atomic E-state index is -1.69. The van der Waals surface area contributed by atoms with Crippen LogP contribution in [-0.2, 0) is 70.7 Å². The van der Waals surface area contributed by atoms with Crippen LogP contribution in [0.1, 0.15) is 68.4 Å². The lowest BCUT2D eigenvalue weighted by Crippen LogP contribution is -2.61. The zero-order valence-electron chi connectivity index (χ0n) is 45.0. The number of hydrogen-bond acceptors (Lipinski definition) is 12. The van der Waals surface area contributed by atoms with Crippen LogP contribution in [0.3, 0.4) is 0 Å². The van der Waals surface area contributed by atoms with E-state index in [1.165, 1.54) is 31.4 Å². The third-order valence-corrected chi connectivity index (χ3v) is 12.8. The van der Waals surface area contributed by atoms with Gasteiger partial charge < -0.3 is 61.3 Å². The Labute approximate surface area is 459 Å². The summed E-state index contributed by atoms with van der Waals surface area (Å²) >= 11 is 0. The maximum absolute atomic E-state index is 14.6. The Morgan fingerprint density at radius 3 is 1.52 bits per heavy atom. The number of aliphatic hydroxyl groups is 1. The molecule has 6 amide bonds. The number of esters is 1. The van der Waals surface area contributed by atoms with Gasteiger partial charge in [0.05, 0.1) is 13.7 Å². The van der Waals surface area contributed by atoms with Gasteiger partial charge in [0.2, 0.25) is 29.5 Å². The molecule has 6 atom stereocenters. The summed E-state index contributed by atoms with van der Waals surface area (Å²) in [6, 6.07) is 30.7. The molecule has 0 aliphatic rings. The SMILES string of the molecule is COC(=O)[C@H](CC(C)C)NC(=O)[C@@H](CC(C)C)NC(=O)[C@H](Cc1ccc(O)cc1)NC(=O)[C@H](CO)NC(=O)[C@H](Cc1c[nH]c2ccccc12)NC(=O)[C@H](Cc1ccc(OCc2ccccc2)cc1)NC(=O)OCc1ccccc1. The van der Waals surface area contributed by atoms with Crippen molar-refractivity contribution in [1.82, 2.24) is 36.9 Å². The molecule has 9 N–H and O–H groups in total. The number of aromatic amines is 1. The molecule has 6 aromatic rings. The van der Waals surface area contributed by atoms with Gasteiger partial charge in [-0.25, -0.2) is 9.59 Å². The summed E-state index contributed by atoms with van der Waals surface area (Å²) in [5.41, 5.74) is 4.17. The van der Waals surface area contributed by atoms with Crippen molar-refractivity contribution in [2.45, 2.75) is 109 Å². The molecule has 0 saturated heterocycles. The van der Waals surface area contributed by atoms with Gasteiger partial charge in [0.1, 0.15) is 61.0 Å². The molecule has 6 rings (SSSR count). The van der Waals surface area contributed by atoms with Gasteiger partial charge in [-0.1, -0.05) is 131 Å². The Morgan fingerprint density at radius 2 is 0.949 bits per heavy atom. The quantitative estimate of drug-likeness (QED) is 0.0277. The zero-order chi connectivity index (χ0) is 56.8. The monoisotopic (exact) mass is 1080 g/mol. The number of ether oxygens (including phenoxy) is 3. The maximum atomic E-state index is 14.6. The molecule has 0 aliphatic heterocycles. The van der Waals surface area contributed by atoms with E-state index in [-0.39, 0.29) is 56.3 Å². The molecule has 1 heterocycles. The summed E-state index contributed by atoms with van der Waals surface area (Å²) < 4.78 is 16.4. The van der Waals surface area contributed by atoms with E-state index in [0.717, 1.165) is 16.5 Å². The normalized spacial score (nSPS) is 13.4. The number of fused-ring (bicyclic) bond motifs is 1. The van der Waals surface area contributed by atoms with Crippen LogP contribution in [-0.4, -0.2) is 107 Å². The lowest BCUT2D eigenvalue weighted by molar-refractivity contribution is -0.146. The highest BCUT2D eigenvalue weighted by Gasteiger charge is 2.35. The molecule has 79 heavy (non-hydrogen) atoms. The largest absolute Gasteiger partial charge is 0.508 e. The second-order valence-corrected chi connectivity index (χ2v) is 20.1. The van der Waals surface area contributed by atoms with E-state index in [2.05, 4.69) is 36.9 Å². The van der Waals surface area contributed by atoms with Crippen LogP contribution in [0.2, 0.25) is 0 Å². The molecule has 418 valence electrons. The number of carbonyl (C=O) groups is 7. The van der Waals surface area contributed by atoms with E-state index in [1.54, 1.807) is 54.7 Å². The van der Waals surface area contributed by atoms with Crippen molar-refractivity contribution in [3.63, 3.8) is 0 Å². The van der Waals surface area contributed by atoms with Gasteiger partial charge >= 0.3 is 12.1 Å². The van der Waals surface area contributed by atoms with Crippen LogP contribution >= 0.6 is 0 Å². The first-order valence-corrected chi connectivity index (χ1v) is 26.2. The number of aromatic hydroxyl groups is 1. The summed E-state index contributed by atoms with van der Waals surface area (Å²) in [5, 5.41) is 37.6.